The van der Waals surface area contributed by atoms with Gasteiger partial charge in [-0.15, -0.1) is 0 Å². The Morgan fingerprint density at radius 3 is 2.64 bits per heavy atom. The molecular weight excluding hydrogens is 456 g/mol. The summed E-state index contributed by atoms with van der Waals surface area (Å²) in [5.74, 6) is -0.239. The summed E-state index contributed by atoms with van der Waals surface area (Å²) in [6.45, 7) is 4.68. The third-order valence-electron chi connectivity index (χ3n) is 6.05. The Hall–Kier alpha value is -3.03. The molecule has 0 radical (unpaired) electrons. The maximum absolute atomic E-state index is 13.4. The molecule has 5 rings (SSSR count). The molecule has 1 fully saturated rings. The number of pyridine rings is 1. The second-order valence-electron chi connectivity index (χ2n) is 8.12. The number of aromatic nitrogens is 1. The molecule has 2 aromatic carbocycles. The van der Waals surface area contributed by atoms with E-state index >= 15 is 0 Å². The van der Waals surface area contributed by atoms with Gasteiger partial charge in [0.25, 0.3) is 5.91 Å². The second kappa shape index (κ2) is 9.08. The summed E-state index contributed by atoms with van der Waals surface area (Å²) in [6.07, 6.45) is 1.71. The molecule has 3 aromatic rings. The molecule has 0 saturated carbocycles. The number of carbonyl (C=O) groups excluding carboxylic acids is 2. The molecule has 168 valence electrons. The highest BCUT2D eigenvalue weighted by Gasteiger charge is 2.31. The van der Waals surface area contributed by atoms with Gasteiger partial charge >= 0.3 is 0 Å². The summed E-state index contributed by atoms with van der Waals surface area (Å²) in [5.41, 5.74) is 3.53. The van der Waals surface area contributed by atoms with Crippen molar-refractivity contribution in [2.75, 3.05) is 42.5 Å². The van der Waals surface area contributed by atoms with Gasteiger partial charge in [0.2, 0.25) is 5.91 Å². The monoisotopic (exact) mass is 478 g/mol. The van der Waals surface area contributed by atoms with E-state index in [0.717, 1.165) is 34.3 Å². The smallest absolute Gasteiger partial charge is 0.259 e. The van der Waals surface area contributed by atoms with Crippen molar-refractivity contribution in [2.45, 2.75) is 16.8 Å². The van der Waals surface area contributed by atoms with Crippen LogP contribution in [0.5, 0.6) is 0 Å². The fourth-order valence-corrected chi connectivity index (χ4v) is 5.45. The molecule has 0 aliphatic carbocycles. The van der Waals surface area contributed by atoms with Gasteiger partial charge in [-0.25, -0.2) is 4.98 Å². The van der Waals surface area contributed by atoms with Gasteiger partial charge < -0.3 is 9.80 Å². The first-order valence-corrected chi connectivity index (χ1v) is 12.0. The van der Waals surface area contributed by atoms with Crippen LogP contribution in [0.25, 0.3) is 0 Å². The quantitative estimate of drug-likeness (QED) is 0.554. The van der Waals surface area contributed by atoms with Crippen LogP contribution in [0.1, 0.15) is 15.9 Å². The third kappa shape index (κ3) is 4.30. The van der Waals surface area contributed by atoms with E-state index in [0.29, 0.717) is 29.4 Å². The molecule has 0 atom stereocenters. The number of nitrogens with zero attached hydrogens (tertiary/aromatic N) is 4. The minimum Gasteiger partial charge on any atom is -0.368 e. The lowest BCUT2D eigenvalue weighted by atomic mass is 10.1. The Balaban J connectivity index is 1.33. The van der Waals surface area contributed by atoms with E-state index in [1.807, 2.05) is 47.4 Å². The number of rotatable bonds is 3. The molecule has 2 aliphatic rings. The van der Waals surface area contributed by atoms with E-state index in [2.05, 4.69) is 16.8 Å². The van der Waals surface area contributed by atoms with Crippen LogP contribution in [0.3, 0.4) is 0 Å². The van der Waals surface area contributed by atoms with Crippen LogP contribution in [0.4, 0.5) is 11.4 Å². The molecule has 33 heavy (non-hydrogen) atoms. The van der Waals surface area contributed by atoms with Crippen molar-refractivity contribution < 1.29 is 9.59 Å². The van der Waals surface area contributed by atoms with Crippen LogP contribution in [0.15, 0.2) is 70.7 Å². The molecule has 0 unspecified atom stereocenters. The van der Waals surface area contributed by atoms with E-state index in [1.54, 1.807) is 23.2 Å². The lowest BCUT2D eigenvalue weighted by Gasteiger charge is -2.37. The van der Waals surface area contributed by atoms with Crippen LogP contribution in [0, 0.1) is 6.92 Å². The number of aryl methyl sites for hydroxylation is 1. The molecule has 8 heteroatoms. The Kier molecular flexibility index (Phi) is 6.00. The molecule has 2 aliphatic heterocycles. The number of hydrogen-bond acceptors (Lipinski definition) is 5. The maximum atomic E-state index is 13.4. The van der Waals surface area contributed by atoms with Crippen LogP contribution in [-0.2, 0) is 4.79 Å². The van der Waals surface area contributed by atoms with Gasteiger partial charge in [0.05, 0.1) is 11.3 Å². The zero-order chi connectivity index (χ0) is 22.9. The Labute approximate surface area is 202 Å². The zero-order valence-corrected chi connectivity index (χ0v) is 19.8. The maximum Gasteiger partial charge on any atom is 0.259 e. The second-order valence-corrected chi connectivity index (χ2v) is 9.58. The molecule has 0 N–H and O–H groups in total. The van der Waals surface area contributed by atoms with Crippen LogP contribution in [-0.4, -0.2) is 54.4 Å². The van der Waals surface area contributed by atoms with Gasteiger partial charge in [-0.3, -0.25) is 14.5 Å². The van der Waals surface area contributed by atoms with Gasteiger partial charge in [0.1, 0.15) is 11.6 Å². The highest BCUT2D eigenvalue weighted by atomic mass is 35.5. The Morgan fingerprint density at radius 1 is 1.03 bits per heavy atom. The predicted octanol–water partition coefficient (Wildman–Crippen LogP) is 4.50. The van der Waals surface area contributed by atoms with Gasteiger partial charge in [-0.2, -0.15) is 0 Å². The normalized spacial score (nSPS) is 15.7. The molecule has 6 nitrogen and oxygen atoms in total. The molecule has 0 spiro atoms. The van der Waals surface area contributed by atoms with Gasteiger partial charge in [0.15, 0.2) is 0 Å². The average Bonchev–Trinajstić information content (AvgIpc) is 2.95. The molecule has 0 bridgehead atoms. The summed E-state index contributed by atoms with van der Waals surface area (Å²) < 4.78 is 0. The first-order chi connectivity index (χ1) is 16.0. The van der Waals surface area contributed by atoms with E-state index in [1.165, 1.54) is 11.8 Å². The topological polar surface area (TPSA) is 56.8 Å². The summed E-state index contributed by atoms with van der Waals surface area (Å²) in [6, 6.07) is 17.0. The van der Waals surface area contributed by atoms with Crippen molar-refractivity contribution in [3.05, 3.63) is 76.9 Å². The van der Waals surface area contributed by atoms with Crippen molar-refractivity contribution in [3.63, 3.8) is 0 Å². The van der Waals surface area contributed by atoms with Crippen molar-refractivity contribution >= 4 is 46.6 Å². The van der Waals surface area contributed by atoms with Crippen molar-refractivity contribution in [3.8, 4) is 0 Å². The van der Waals surface area contributed by atoms with Gasteiger partial charge in [0, 0.05) is 48.0 Å². The number of fused-ring (bicyclic) bond motifs is 2. The average molecular weight is 479 g/mol. The fraction of sp³-hybridized carbons (Fsp3) is 0.240. The highest BCUT2D eigenvalue weighted by Crippen LogP contribution is 2.39. The number of hydrogen-bond donors (Lipinski definition) is 0. The largest absolute Gasteiger partial charge is 0.368 e. The zero-order valence-electron chi connectivity index (χ0n) is 18.2. The Bertz CT molecular complexity index is 1230. The van der Waals surface area contributed by atoms with E-state index in [-0.39, 0.29) is 18.4 Å². The third-order valence-corrected chi connectivity index (χ3v) is 7.37. The lowest BCUT2D eigenvalue weighted by molar-refractivity contribution is -0.129. The standard InChI is InChI=1S/C25H23ClN4O2S/c1-17-8-9-18(26)15-21(17)28-11-13-29(14-12-28)23(31)16-30-20-6-4-10-27-24(20)33-22-7-3-2-5-19(22)25(30)32/h2-10,15H,11-14,16H2,1H3. The SMILES string of the molecule is Cc1ccc(Cl)cc1N1CCN(C(=O)CN2C(=O)c3ccccc3Sc3ncccc32)CC1. The highest BCUT2D eigenvalue weighted by molar-refractivity contribution is 7.99. The molecule has 1 saturated heterocycles. The molecule has 3 heterocycles. The predicted molar refractivity (Wildman–Crippen MR) is 131 cm³/mol. The Morgan fingerprint density at radius 2 is 1.82 bits per heavy atom. The summed E-state index contributed by atoms with van der Waals surface area (Å²) in [5, 5.41) is 1.43. The van der Waals surface area contributed by atoms with Crippen molar-refractivity contribution in [2.24, 2.45) is 0 Å². The molecule has 2 amide bonds. The summed E-state index contributed by atoms with van der Waals surface area (Å²) in [4.78, 5) is 37.7. The molecule has 1 aromatic heterocycles. The molecular formula is C25H23ClN4O2S. The number of amides is 2. The number of halogens is 1. The minimum atomic E-state index is -0.175. The fourth-order valence-electron chi connectivity index (χ4n) is 4.27. The number of carbonyl (C=O) groups is 2. The first-order valence-electron chi connectivity index (χ1n) is 10.8. The summed E-state index contributed by atoms with van der Waals surface area (Å²) in [7, 11) is 0. The van der Waals surface area contributed by atoms with Gasteiger partial charge in [-0.05, 0) is 48.9 Å². The van der Waals surface area contributed by atoms with Crippen LogP contribution >= 0.6 is 23.4 Å². The van der Waals surface area contributed by atoms with E-state index in [4.69, 9.17) is 11.6 Å². The summed E-state index contributed by atoms with van der Waals surface area (Å²) >= 11 is 7.65. The van der Waals surface area contributed by atoms with Crippen LogP contribution < -0.4 is 9.80 Å². The van der Waals surface area contributed by atoms with Gasteiger partial charge in [-0.1, -0.05) is 41.6 Å². The number of anilines is 2. The van der Waals surface area contributed by atoms with Crippen molar-refractivity contribution in [1.29, 1.82) is 0 Å². The minimum absolute atomic E-state index is 0.0113. The lowest BCUT2D eigenvalue weighted by Crippen LogP contribution is -2.52. The van der Waals surface area contributed by atoms with E-state index in [9.17, 15) is 9.59 Å². The van der Waals surface area contributed by atoms with E-state index < -0.39 is 0 Å². The number of benzene rings is 2. The van der Waals surface area contributed by atoms with Crippen molar-refractivity contribution in [1.82, 2.24) is 9.88 Å². The first kappa shape index (κ1) is 21.8. The number of piperazine rings is 1. The van der Waals surface area contributed by atoms with Crippen LogP contribution in [0.2, 0.25) is 5.02 Å².